The first-order chi connectivity index (χ1) is 8.22. The number of hydrogen-bond donors (Lipinski definition) is 1. The van der Waals surface area contributed by atoms with Gasteiger partial charge < -0.3 is 14.8 Å². The lowest BCUT2D eigenvalue weighted by Crippen LogP contribution is -2.14. The standard InChI is InChI=1S/C13H16ClNO2.ClH/c1-4-6-15-9-10-7-11(14)8-12(16-3)13(10)17-5-2;/h1,7-8,15H,5-6,9H2,2-3H3;1H. The molecule has 1 aromatic carbocycles. The van der Waals surface area contributed by atoms with Crippen molar-refractivity contribution in [1.29, 1.82) is 0 Å². The SMILES string of the molecule is C#CCNCc1cc(Cl)cc(OC)c1OCC.Cl. The predicted octanol–water partition coefficient (Wildman–Crippen LogP) is 2.89. The van der Waals surface area contributed by atoms with Gasteiger partial charge in [0.2, 0.25) is 0 Å². The van der Waals surface area contributed by atoms with Crippen molar-refractivity contribution in [3.05, 3.63) is 22.7 Å². The van der Waals surface area contributed by atoms with Gasteiger partial charge in [-0.15, -0.1) is 18.8 Å². The van der Waals surface area contributed by atoms with Crippen molar-refractivity contribution in [3.8, 4) is 23.8 Å². The molecule has 1 N–H and O–H groups in total. The minimum Gasteiger partial charge on any atom is -0.493 e. The van der Waals surface area contributed by atoms with Crippen LogP contribution in [0.5, 0.6) is 11.5 Å². The second kappa shape index (κ2) is 8.93. The molecule has 0 radical (unpaired) electrons. The fourth-order valence-corrected chi connectivity index (χ4v) is 1.71. The first-order valence-corrected chi connectivity index (χ1v) is 5.74. The fourth-order valence-electron chi connectivity index (χ4n) is 1.48. The molecule has 5 heteroatoms. The van der Waals surface area contributed by atoms with Gasteiger partial charge in [-0.2, -0.15) is 0 Å². The van der Waals surface area contributed by atoms with Crippen LogP contribution in [0.25, 0.3) is 0 Å². The van der Waals surface area contributed by atoms with Gasteiger partial charge >= 0.3 is 0 Å². The van der Waals surface area contributed by atoms with E-state index in [-0.39, 0.29) is 12.4 Å². The molecule has 18 heavy (non-hydrogen) atoms. The molecular formula is C13H17Cl2NO2. The molecule has 0 aliphatic heterocycles. The largest absolute Gasteiger partial charge is 0.493 e. The minimum absolute atomic E-state index is 0. The van der Waals surface area contributed by atoms with Crippen LogP contribution in [0.1, 0.15) is 12.5 Å². The zero-order valence-electron chi connectivity index (χ0n) is 10.5. The van der Waals surface area contributed by atoms with Crippen LogP contribution in [0, 0.1) is 12.3 Å². The molecule has 3 nitrogen and oxygen atoms in total. The number of hydrogen-bond acceptors (Lipinski definition) is 3. The number of rotatable bonds is 6. The van der Waals surface area contributed by atoms with E-state index in [0.29, 0.717) is 36.2 Å². The summed E-state index contributed by atoms with van der Waals surface area (Å²) in [6.07, 6.45) is 5.18. The molecule has 0 fully saturated rings. The monoisotopic (exact) mass is 289 g/mol. The molecule has 0 amide bonds. The Bertz CT molecular complexity index is 416. The Morgan fingerprint density at radius 3 is 2.72 bits per heavy atom. The molecule has 0 bridgehead atoms. The minimum atomic E-state index is 0. The van der Waals surface area contributed by atoms with Crippen molar-refractivity contribution in [3.63, 3.8) is 0 Å². The molecule has 0 saturated heterocycles. The summed E-state index contributed by atoms with van der Waals surface area (Å²) in [4.78, 5) is 0. The lowest BCUT2D eigenvalue weighted by Gasteiger charge is -2.14. The average Bonchev–Trinajstić information content (AvgIpc) is 2.32. The van der Waals surface area contributed by atoms with E-state index in [4.69, 9.17) is 27.5 Å². The summed E-state index contributed by atoms with van der Waals surface area (Å²) < 4.78 is 10.8. The topological polar surface area (TPSA) is 30.5 Å². The zero-order valence-corrected chi connectivity index (χ0v) is 12.0. The third kappa shape index (κ3) is 4.66. The lowest BCUT2D eigenvalue weighted by molar-refractivity contribution is 0.307. The summed E-state index contributed by atoms with van der Waals surface area (Å²) in [5.74, 6) is 3.86. The molecule has 0 atom stereocenters. The Morgan fingerprint density at radius 2 is 2.17 bits per heavy atom. The maximum Gasteiger partial charge on any atom is 0.165 e. The van der Waals surface area contributed by atoms with E-state index in [2.05, 4.69) is 11.2 Å². The van der Waals surface area contributed by atoms with E-state index >= 15 is 0 Å². The molecule has 0 aliphatic carbocycles. The molecule has 0 saturated carbocycles. The summed E-state index contributed by atoms with van der Waals surface area (Å²) in [5, 5.41) is 3.71. The van der Waals surface area contributed by atoms with E-state index in [1.165, 1.54) is 0 Å². The fraction of sp³-hybridized carbons (Fsp3) is 0.385. The quantitative estimate of drug-likeness (QED) is 0.645. The van der Waals surface area contributed by atoms with Gasteiger partial charge in [-0.25, -0.2) is 0 Å². The van der Waals surface area contributed by atoms with E-state index in [1.807, 2.05) is 13.0 Å². The smallest absolute Gasteiger partial charge is 0.165 e. The van der Waals surface area contributed by atoms with Crippen molar-refractivity contribution in [2.75, 3.05) is 20.3 Å². The van der Waals surface area contributed by atoms with E-state index in [0.717, 1.165) is 5.56 Å². The van der Waals surface area contributed by atoms with Crippen molar-refractivity contribution in [2.24, 2.45) is 0 Å². The number of methoxy groups -OCH3 is 1. The summed E-state index contributed by atoms with van der Waals surface area (Å²) >= 11 is 6.01. The van der Waals surface area contributed by atoms with E-state index < -0.39 is 0 Å². The molecule has 0 spiro atoms. The Kier molecular flexibility index (Phi) is 8.40. The van der Waals surface area contributed by atoms with Gasteiger partial charge in [-0.3, -0.25) is 0 Å². The van der Waals surface area contributed by atoms with E-state index in [1.54, 1.807) is 13.2 Å². The Balaban J connectivity index is 0.00000289. The van der Waals surface area contributed by atoms with Crippen LogP contribution in [0.2, 0.25) is 5.02 Å². The van der Waals surface area contributed by atoms with Crippen LogP contribution < -0.4 is 14.8 Å². The molecule has 0 heterocycles. The van der Waals surface area contributed by atoms with Crippen molar-refractivity contribution < 1.29 is 9.47 Å². The van der Waals surface area contributed by atoms with Gasteiger partial charge in [0, 0.05) is 23.2 Å². The maximum absolute atomic E-state index is 6.01. The van der Waals surface area contributed by atoms with Crippen LogP contribution in [0.3, 0.4) is 0 Å². The maximum atomic E-state index is 6.01. The number of ether oxygens (including phenoxy) is 2. The van der Waals surface area contributed by atoms with Gasteiger partial charge in [0.25, 0.3) is 0 Å². The van der Waals surface area contributed by atoms with Crippen LogP contribution in [0.15, 0.2) is 12.1 Å². The van der Waals surface area contributed by atoms with Crippen LogP contribution in [-0.4, -0.2) is 20.3 Å². The molecule has 1 rings (SSSR count). The summed E-state index contributed by atoms with van der Waals surface area (Å²) in [6, 6.07) is 3.58. The third-order valence-electron chi connectivity index (χ3n) is 2.15. The van der Waals surface area contributed by atoms with Crippen LogP contribution in [0.4, 0.5) is 0 Å². The first-order valence-electron chi connectivity index (χ1n) is 5.36. The third-order valence-corrected chi connectivity index (χ3v) is 2.37. The Labute approximate surface area is 119 Å². The van der Waals surface area contributed by atoms with Crippen molar-refractivity contribution >= 4 is 24.0 Å². The Hall–Kier alpha value is -1.08. The van der Waals surface area contributed by atoms with E-state index in [9.17, 15) is 0 Å². The highest BCUT2D eigenvalue weighted by atomic mass is 35.5. The Morgan fingerprint density at radius 1 is 1.44 bits per heavy atom. The van der Waals surface area contributed by atoms with Crippen LogP contribution in [-0.2, 0) is 6.54 Å². The second-order valence-electron chi connectivity index (χ2n) is 3.34. The van der Waals surface area contributed by atoms with Crippen molar-refractivity contribution in [1.82, 2.24) is 5.32 Å². The average molecular weight is 290 g/mol. The molecule has 0 aliphatic rings. The number of benzene rings is 1. The highest BCUT2D eigenvalue weighted by Crippen LogP contribution is 2.34. The number of terminal acetylenes is 1. The lowest BCUT2D eigenvalue weighted by atomic mass is 10.2. The normalized spacial score (nSPS) is 9.22. The molecule has 100 valence electrons. The number of nitrogens with one attached hydrogen (secondary N) is 1. The molecule has 0 aromatic heterocycles. The first kappa shape index (κ1) is 16.9. The highest BCUT2D eigenvalue weighted by Gasteiger charge is 2.11. The van der Waals surface area contributed by atoms with Crippen LogP contribution >= 0.6 is 24.0 Å². The summed E-state index contributed by atoms with van der Waals surface area (Å²) in [7, 11) is 1.59. The summed E-state index contributed by atoms with van der Waals surface area (Å²) in [5.41, 5.74) is 0.937. The summed E-state index contributed by atoms with van der Waals surface area (Å²) in [6.45, 7) is 3.59. The van der Waals surface area contributed by atoms with Gasteiger partial charge in [0.1, 0.15) is 0 Å². The van der Waals surface area contributed by atoms with Crippen molar-refractivity contribution in [2.45, 2.75) is 13.5 Å². The van der Waals surface area contributed by atoms with Gasteiger partial charge in [0.15, 0.2) is 11.5 Å². The van der Waals surface area contributed by atoms with Gasteiger partial charge in [-0.05, 0) is 13.0 Å². The number of halogens is 2. The molecular weight excluding hydrogens is 273 g/mol. The second-order valence-corrected chi connectivity index (χ2v) is 3.77. The van der Waals surface area contributed by atoms with Gasteiger partial charge in [0.05, 0.1) is 20.3 Å². The highest BCUT2D eigenvalue weighted by molar-refractivity contribution is 6.30. The van der Waals surface area contributed by atoms with Gasteiger partial charge in [-0.1, -0.05) is 17.5 Å². The predicted molar refractivity (Wildman–Crippen MR) is 77.0 cm³/mol. The molecule has 1 aromatic rings. The zero-order chi connectivity index (χ0) is 12.7. The molecule has 0 unspecified atom stereocenters.